The first-order chi connectivity index (χ1) is 5.66. The fraction of sp³-hybridized carbons (Fsp3) is 0.625. The van der Waals surface area contributed by atoms with Crippen LogP contribution in [0.1, 0.15) is 6.92 Å². The maximum Gasteiger partial charge on any atom is 0.142 e. The Morgan fingerprint density at radius 3 is 2.42 bits per heavy atom. The Morgan fingerprint density at radius 2 is 2.00 bits per heavy atom. The van der Waals surface area contributed by atoms with Crippen LogP contribution in [0.3, 0.4) is 0 Å². The van der Waals surface area contributed by atoms with Crippen LogP contribution in [0, 0.1) is 0 Å². The van der Waals surface area contributed by atoms with Gasteiger partial charge in [0, 0.05) is 0 Å². The summed E-state index contributed by atoms with van der Waals surface area (Å²) in [7, 11) is 0. The lowest BCUT2D eigenvalue weighted by Gasteiger charge is -2.09. The molecule has 1 fully saturated rings. The van der Waals surface area contributed by atoms with Gasteiger partial charge in [-0.15, -0.1) is 0 Å². The van der Waals surface area contributed by atoms with Crippen molar-refractivity contribution < 1.29 is 19.7 Å². The van der Waals surface area contributed by atoms with Crippen molar-refractivity contribution in [3.8, 4) is 0 Å². The molecule has 2 unspecified atom stereocenters. The van der Waals surface area contributed by atoms with Crippen molar-refractivity contribution in [2.45, 2.75) is 31.3 Å². The molecule has 12 heavy (non-hydrogen) atoms. The number of hydrogen-bond acceptors (Lipinski definition) is 4. The van der Waals surface area contributed by atoms with Crippen LogP contribution < -0.4 is 0 Å². The van der Waals surface area contributed by atoms with Crippen molar-refractivity contribution in [3.63, 3.8) is 0 Å². The molecule has 0 aromatic carbocycles. The third-order valence-corrected chi connectivity index (χ3v) is 1.92. The predicted octanol–water partition coefficient (Wildman–Crippen LogP) is -0.749. The van der Waals surface area contributed by atoms with E-state index in [1.165, 1.54) is 12.2 Å². The lowest BCUT2D eigenvalue weighted by Crippen LogP contribution is -2.30. The van der Waals surface area contributed by atoms with Gasteiger partial charge in [-0.3, -0.25) is 4.79 Å². The van der Waals surface area contributed by atoms with Crippen molar-refractivity contribution in [1.29, 1.82) is 0 Å². The van der Waals surface area contributed by atoms with Gasteiger partial charge in [0.25, 0.3) is 0 Å². The number of aliphatic hydroxyl groups is 2. The molecule has 4 heteroatoms. The Hall–Kier alpha value is -0.710. The van der Waals surface area contributed by atoms with Crippen LogP contribution in [0.15, 0.2) is 12.2 Å². The second kappa shape index (κ2) is 3.80. The first-order valence-electron chi connectivity index (χ1n) is 3.80. The van der Waals surface area contributed by atoms with Gasteiger partial charge < -0.3 is 14.9 Å². The van der Waals surface area contributed by atoms with E-state index >= 15 is 0 Å². The molecule has 2 N–H and O–H groups in total. The Bertz CT molecular complexity index is 189. The molecule has 1 saturated heterocycles. The van der Waals surface area contributed by atoms with E-state index < -0.39 is 18.3 Å². The van der Waals surface area contributed by atoms with Crippen LogP contribution in [-0.4, -0.2) is 40.9 Å². The van der Waals surface area contributed by atoms with E-state index in [0.717, 1.165) is 0 Å². The highest BCUT2D eigenvalue weighted by Crippen LogP contribution is 2.21. The number of carbonyl (C=O) groups is 1. The monoisotopic (exact) mass is 172 g/mol. The fourth-order valence-electron chi connectivity index (χ4n) is 1.19. The largest absolute Gasteiger partial charge is 0.388 e. The average molecular weight is 172 g/mol. The third-order valence-electron chi connectivity index (χ3n) is 1.92. The van der Waals surface area contributed by atoms with Gasteiger partial charge in [0.05, 0.1) is 6.10 Å². The minimum absolute atomic E-state index is 0.388. The summed E-state index contributed by atoms with van der Waals surface area (Å²) in [5.74, 6) is 0. The van der Waals surface area contributed by atoms with Crippen molar-refractivity contribution in [2.24, 2.45) is 0 Å². The molecule has 0 spiro atoms. The Kier molecular flexibility index (Phi) is 2.97. The lowest BCUT2D eigenvalue weighted by atomic mass is 10.1. The third kappa shape index (κ3) is 1.72. The summed E-state index contributed by atoms with van der Waals surface area (Å²) in [5, 5.41) is 18.6. The minimum atomic E-state index is -0.934. The quantitative estimate of drug-likeness (QED) is 0.425. The zero-order valence-corrected chi connectivity index (χ0v) is 6.75. The van der Waals surface area contributed by atoms with Gasteiger partial charge in [0.2, 0.25) is 0 Å². The van der Waals surface area contributed by atoms with E-state index in [1.54, 1.807) is 6.92 Å². The topological polar surface area (TPSA) is 66.8 Å². The van der Waals surface area contributed by atoms with Gasteiger partial charge in [0.15, 0.2) is 0 Å². The first kappa shape index (κ1) is 9.38. The highest BCUT2D eigenvalue weighted by Gasteiger charge is 2.38. The normalized spacial score (nSPS) is 42.2. The molecule has 1 heterocycles. The van der Waals surface area contributed by atoms with Crippen LogP contribution in [0.25, 0.3) is 0 Å². The van der Waals surface area contributed by atoms with Gasteiger partial charge in [-0.1, -0.05) is 0 Å². The molecule has 4 atom stereocenters. The van der Waals surface area contributed by atoms with E-state index in [2.05, 4.69) is 0 Å². The number of carbonyl (C=O) groups excluding carboxylic acids is 1. The highest BCUT2D eigenvalue weighted by atomic mass is 16.5. The summed E-state index contributed by atoms with van der Waals surface area (Å²) in [4.78, 5) is 9.94. The maximum atomic E-state index is 9.94. The van der Waals surface area contributed by atoms with Crippen molar-refractivity contribution >= 4 is 6.29 Å². The summed E-state index contributed by atoms with van der Waals surface area (Å²) in [6, 6.07) is 0. The van der Waals surface area contributed by atoms with Crippen LogP contribution in [0.4, 0.5) is 0 Å². The maximum absolute atomic E-state index is 9.94. The molecule has 1 aliphatic rings. The molecule has 68 valence electrons. The Balaban J connectivity index is 2.58. The van der Waals surface area contributed by atoms with Crippen molar-refractivity contribution in [3.05, 3.63) is 12.2 Å². The Labute approximate surface area is 70.5 Å². The molecule has 0 amide bonds. The van der Waals surface area contributed by atoms with Gasteiger partial charge in [-0.2, -0.15) is 0 Å². The van der Waals surface area contributed by atoms with Crippen molar-refractivity contribution in [1.82, 2.24) is 0 Å². The summed E-state index contributed by atoms with van der Waals surface area (Å²) >= 11 is 0. The Morgan fingerprint density at radius 1 is 1.33 bits per heavy atom. The van der Waals surface area contributed by atoms with Crippen LogP contribution in [-0.2, 0) is 9.53 Å². The van der Waals surface area contributed by atoms with Gasteiger partial charge in [-0.25, -0.2) is 0 Å². The zero-order valence-electron chi connectivity index (χ0n) is 6.75. The molecule has 0 radical (unpaired) electrons. The molecule has 4 nitrogen and oxygen atoms in total. The number of hydrogen-bond donors (Lipinski definition) is 2. The molecular formula is C8H12O4. The molecule has 0 bridgehead atoms. The fourth-order valence-corrected chi connectivity index (χ4v) is 1.19. The number of allylic oxidation sites excluding steroid dienone is 1. The molecule has 0 aromatic rings. The van der Waals surface area contributed by atoms with E-state index in [9.17, 15) is 15.0 Å². The minimum Gasteiger partial charge on any atom is -0.388 e. The summed E-state index contributed by atoms with van der Waals surface area (Å²) < 4.78 is 5.14. The molecule has 0 aromatic heterocycles. The number of aldehydes is 1. The van der Waals surface area contributed by atoms with Crippen LogP contribution in [0.5, 0.6) is 0 Å². The molecular weight excluding hydrogens is 160 g/mol. The number of ether oxygens (including phenoxy) is 1. The summed E-state index contributed by atoms with van der Waals surface area (Å²) in [6.07, 6.45) is 0.526. The van der Waals surface area contributed by atoms with Crippen LogP contribution in [0.2, 0.25) is 0 Å². The molecule has 1 rings (SSSR count). The van der Waals surface area contributed by atoms with Crippen molar-refractivity contribution in [2.75, 3.05) is 0 Å². The second-order valence-corrected chi connectivity index (χ2v) is 2.81. The smallest absolute Gasteiger partial charge is 0.142 e. The van der Waals surface area contributed by atoms with E-state index in [0.29, 0.717) is 6.29 Å². The highest BCUT2D eigenvalue weighted by molar-refractivity contribution is 5.64. The average Bonchev–Trinajstić information content (AvgIpc) is 2.30. The SMILES string of the molecule is C[C@@H]1O[C@H](/C=C/C=O)C(O)C1O. The first-order valence-corrected chi connectivity index (χ1v) is 3.80. The van der Waals surface area contributed by atoms with Gasteiger partial charge in [0.1, 0.15) is 24.6 Å². The summed E-state index contributed by atoms with van der Waals surface area (Å²) in [6.45, 7) is 1.67. The second-order valence-electron chi connectivity index (χ2n) is 2.81. The number of rotatable bonds is 2. The van der Waals surface area contributed by atoms with Crippen LogP contribution >= 0.6 is 0 Å². The van der Waals surface area contributed by atoms with Gasteiger partial charge in [-0.05, 0) is 19.1 Å². The zero-order chi connectivity index (χ0) is 9.14. The molecule has 0 saturated carbocycles. The van der Waals surface area contributed by atoms with E-state index in [-0.39, 0.29) is 6.10 Å². The standard InChI is InChI=1S/C8H12O4/c1-5-7(10)8(11)6(12-5)3-2-4-9/h2-8,10-11H,1H3/b3-2+/t5-,6+,7?,8?/m0/s1. The summed E-state index contributed by atoms with van der Waals surface area (Å²) in [5.41, 5.74) is 0. The van der Waals surface area contributed by atoms with Gasteiger partial charge >= 0.3 is 0 Å². The predicted molar refractivity (Wildman–Crippen MR) is 41.6 cm³/mol. The van der Waals surface area contributed by atoms with E-state index in [1.807, 2.05) is 0 Å². The molecule has 1 aliphatic heterocycles. The number of aliphatic hydroxyl groups excluding tert-OH is 2. The van der Waals surface area contributed by atoms with E-state index in [4.69, 9.17) is 4.74 Å². The molecule has 0 aliphatic carbocycles. The lowest BCUT2D eigenvalue weighted by molar-refractivity contribution is -0.104.